The smallest absolute Gasteiger partial charge is 0.341 e. The number of H-pyrrole nitrogens is 3. The second-order valence-electron chi connectivity index (χ2n) is 27.8. The lowest BCUT2D eigenvalue weighted by atomic mass is 9.66. The van der Waals surface area contributed by atoms with Crippen LogP contribution >= 0.6 is 0 Å². The van der Waals surface area contributed by atoms with Crippen molar-refractivity contribution < 1.29 is 48.5 Å². The van der Waals surface area contributed by atoms with Crippen molar-refractivity contribution >= 4 is 56.5 Å². The van der Waals surface area contributed by atoms with Crippen LogP contribution < -0.4 is 46.7 Å². The first-order valence-electron chi connectivity index (χ1n) is 37.2. The molecule has 3 aliphatic rings. The van der Waals surface area contributed by atoms with E-state index in [-0.39, 0.29) is 46.0 Å². The fourth-order valence-electron chi connectivity index (χ4n) is 15.3. The minimum Gasteiger partial charge on any atom is -0.493 e. The number of aliphatic hydroxyl groups excluding tert-OH is 1. The Kier molecular flexibility index (Phi) is 25.1. The molecule has 8 heterocycles. The largest absolute Gasteiger partial charge is 0.493 e. The molecule has 6 aromatic heterocycles. The van der Waals surface area contributed by atoms with Gasteiger partial charge in [0, 0.05) is 58.9 Å². The number of carbonyl (C=O) groups excluding carboxylic acids is 3. The SMILES string of the molecule is CCCc1nn(C)c2c(=O)[nH]c(-c3cc(CC4CCN(C(=O)NO)CC4)ccc3OCC)nc12.CCCc1nn(C)c2c(=O)[nH]c(-c3cc(Cc4ccc(C(=O)NO)c(F)c4)ccc3OCC)nc12.CCCc1nn(C)c2c(=O)[nH]c(-c3cc(N4CCCC5(CCC(C(=O)CO)CC5)C4)ccc3OCC)nc12. The van der Waals surface area contributed by atoms with Crippen molar-refractivity contribution in [2.24, 2.45) is 38.4 Å². The van der Waals surface area contributed by atoms with Gasteiger partial charge in [-0.15, -0.1) is 0 Å². The Bertz CT molecular complexity index is 5040. The molecule has 1 aliphatic carbocycles. The number of hydrogen-bond acceptors (Lipinski definition) is 19. The van der Waals surface area contributed by atoms with Gasteiger partial charge in [-0.1, -0.05) is 58.2 Å². The van der Waals surface area contributed by atoms with Crippen LogP contribution in [0.15, 0.2) is 87.2 Å². The summed E-state index contributed by atoms with van der Waals surface area (Å²) in [5, 5.41) is 40.4. The van der Waals surface area contributed by atoms with E-state index < -0.39 is 17.8 Å². The first-order valence-corrected chi connectivity index (χ1v) is 37.2. The number of carbonyl (C=O) groups is 3. The maximum Gasteiger partial charge on any atom is 0.341 e. The van der Waals surface area contributed by atoms with Crippen molar-refractivity contribution in [3.63, 3.8) is 0 Å². The number of aromatic amines is 3. The summed E-state index contributed by atoms with van der Waals surface area (Å²) in [5.74, 6) is 1.99. The first-order chi connectivity index (χ1) is 51.7. The number of urea groups is 1. The summed E-state index contributed by atoms with van der Waals surface area (Å²) in [5.41, 5.74) is 13.7. The van der Waals surface area contributed by atoms with E-state index >= 15 is 0 Å². The van der Waals surface area contributed by atoms with E-state index in [0.717, 1.165) is 142 Å². The third kappa shape index (κ3) is 17.3. The Morgan fingerprint density at radius 2 is 1.02 bits per heavy atom. The van der Waals surface area contributed by atoms with Crippen molar-refractivity contribution in [3.8, 4) is 51.4 Å². The fourth-order valence-corrected chi connectivity index (χ4v) is 15.3. The predicted octanol–water partition coefficient (Wildman–Crippen LogP) is 10.6. The third-order valence-electron chi connectivity index (χ3n) is 20.5. The van der Waals surface area contributed by atoms with Gasteiger partial charge in [0.25, 0.3) is 22.6 Å². The average Bonchev–Trinajstić information content (AvgIpc) is 1.70. The molecule has 1 saturated carbocycles. The summed E-state index contributed by atoms with van der Waals surface area (Å²) in [4.78, 5) is 101. The molecule has 0 unspecified atom stereocenters. The number of aromatic nitrogens is 12. The molecule has 0 bridgehead atoms. The van der Waals surface area contributed by atoms with Gasteiger partial charge >= 0.3 is 6.03 Å². The number of aryl methyl sites for hydroxylation is 6. The zero-order valence-electron chi connectivity index (χ0n) is 62.4. The number of halogens is 1. The van der Waals surface area contributed by atoms with Gasteiger partial charge in [0.2, 0.25) is 0 Å². The molecule has 28 nitrogen and oxygen atoms in total. The molecule has 29 heteroatoms. The highest BCUT2D eigenvalue weighted by molar-refractivity contribution is 5.93. The van der Waals surface area contributed by atoms with Gasteiger partial charge < -0.3 is 44.1 Å². The van der Waals surface area contributed by atoms with Gasteiger partial charge in [-0.05, 0) is 187 Å². The summed E-state index contributed by atoms with van der Waals surface area (Å²) >= 11 is 0. The Labute approximate surface area is 618 Å². The van der Waals surface area contributed by atoms with Gasteiger partial charge in [-0.2, -0.15) is 15.3 Å². The standard InChI is InChI=1S/C29H39N5O4.C25H26FN5O4.C24H32N6O4/c1-4-7-22-25-26(33(3)32-22)28(37)31-27(30-25)21-16-20(8-9-24(21)38-5-2)34-15-6-12-29(18-34)13-10-19(11-14-29)23(36)17-35;1-4-6-19-21-22(31(3)29-19)25(33)28-23(27-21)17-12-14(8-10-20(17)35-5-2)11-15-7-9-16(18(26)13-15)24(32)30-34;1-4-6-18-20-21(29(3)27-18)23(31)26-22(25-20)17-14-16(7-8-19(17)34-5-2)13-15-9-11-30(12-10-15)24(32)28-33/h8-9,16,19,35H,4-7,10-15,17-18H2,1-3H3,(H,30,31,37);7-10,12-13,34H,4-6,11H2,1-3H3,(H,30,32)(H,27,28,33);7-8,14-15,33H,4-6,9-13H2,1-3H3,(H,28,32)(H,25,26,31). The van der Waals surface area contributed by atoms with E-state index in [0.29, 0.717) is 131 Å². The number of amides is 3. The Morgan fingerprint density at radius 3 is 1.47 bits per heavy atom. The summed E-state index contributed by atoms with van der Waals surface area (Å²) in [7, 11) is 5.27. The molecule has 13 rings (SSSR count). The summed E-state index contributed by atoms with van der Waals surface area (Å²) < 4.78 is 36.7. The van der Waals surface area contributed by atoms with E-state index in [1.807, 2.05) is 64.1 Å². The first kappa shape index (κ1) is 77.4. The number of anilines is 1. The number of piperidine rings is 2. The number of Topliss-reactive ketones (excluding diaryl/α,β-unsaturated/α-hetero) is 1. The Hall–Kier alpha value is -10.7. The number of nitrogens with zero attached hydrogens (tertiary/aromatic N) is 11. The van der Waals surface area contributed by atoms with Crippen LogP contribution in [0.2, 0.25) is 0 Å². The third-order valence-corrected chi connectivity index (χ3v) is 20.5. The van der Waals surface area contributed by atoms with Crippen LogP contribution in [-0.2, 0) is 58.0 Å². The number of benzene rings is 4. The van der Waals surface area contributed by atoms with Crippen LogP contribution in [0.3, 0.4) is 0 Å². The lowest BCUT2D eigenvalue weighted by Gasteiger charge is -2.47. The Morgan fingerprint density at radius 1 is 0.570 bits per heavy atom. The van der Waals surface area contributed by atoms with Crippen molar-refractivity contribution in [2.45, 2.75) is 144 Å². The number of hydrogen-bond donors (Lipinski definition) is 8. The second kappa shape index (κ2) is 34.7. The summed E-state index contributed by atoms with van der Waals surface area (Å²) in [6.07, 6.45) is 13.8. The molecule has 10 aromatic rings. The van der Waals surface area contributed by atoms with E-state index in [4.69, 9.17) is 39.6 Å². The number of hydroxylamine groups is 2. The Balaban J connectivity index is 0.000000160. The van der Waals surface area contributed by atoms with Crippen LogP contribution in [0.25, 0.3) is 67.3 Å². The van der Waals surface area contributed by atoms with E-state index in [2.05, 4.69) is 61.1 Å². The summed E-state index contributed by atoms with van der Waals surface area (Å²) in [6, 6.07) is 21.4. The van der Waals surface area contributed by atoms with Crippen molar-refractivity contribution in [2.75, 3.05) is 57.5 Å². The maximum absolute atomic E-state index is 14.3. The minimum absolute atomic E-state index is 0.000899. The number of aliphatic hydroxyl groups is 1. The number of ether oxygens (including phenoxy) is 3. The fraction of sp³-hybridized carbons (Fsp3) is 0.462. The quantitative estimate of drug-likeness (QED) is 0.0218. The molecule has 2 saturated heterocycles. The molecule has 8 N–H and O–H groups in total. The zero-order chi connectivity index (χ0) is 76.2. The number of ketones is 1. The monoisotopic (exact) mass is 1470 g/mol. The van der Waals surface area contributed by atoms with Crippen molar-refractivity contribution in [3.05, 3.63) is 149 Å². The summed E-state index contributed by atoms with van der Waals surface area (Å²) in [6.45, 7) is 16.1. The van der Waals surface area contributed by atoms with E-state index in [9.17, 15) is 38.3 Å². The lowest BCUT2D eigenvalue weighted by Crippen LogP contribution is -2.46. The van der Waals surface area contributed by atoms with Gasteiger partial charge in [-0.25, -0.2) is 35.1 Å². The average molecular weight is 1470 g/mol. The van der Waals surface area contributed by atoms with Crippen LogP contribution in [-0.4, -0.2) is 150 Å². The highest BCUT2D eigenvalue weighted by atomic mass is 19.1. The molecule has 568 valence electrons. The number of likely N-dealkylation sites (tertiary alicyclic amines) is 1. The van der Waals surface area contributed by atoms with Crippen LogP contribution in [0.1, 0.15) is 156 Å². The van der Waals surface area contributed by atoms with E-state index in [1.54, 1.807) is 57.7 Å². The van der Waals surface area contributed by atoms with Crippen LogP contribution in [0.5, 0.6) is 17.2 Å². The maximum atomic E-state index is 14.3. The predicted molar refractivity (Wildman–Crippen MR) is 404 cm³/mol. The van der Waals surface area contributed by atoms with Crippen LogP contribution in [0, 0.1) is 23.1 Å². The molecule has 0 atom stereocenters. The number of rotatable bonds is 23. The zero-order valence-corrected chi connectivity index (χ0v) is 62.4. The molecule has 107 heavy (non-hydrogen) atoms. The highest BCUT2D eigenvalue weighted by Crippen LogP contribution is 2.47. The molecule has 1 spiro atoms. The van der Waals surface area contributed by atoms with Gasteiger partial charge in [0.1, 0.15) is 63.7 Å². The van der Waals surface area contributed by atoms with E-state index in [1.165, 1.54) is 24.0 Å². The second-order valence-corrected chi connectivity index (χ2v) is 27.8. The van der Waals surface area contributed by atoms with Crippen molar-refractivity contribution in [1.82, 2.24) is 75.1 Å². The highest BCUT2D eigenvalue weighted by Gasteiger charge is 2.41. The van der Waals surface area contributed by atoms with Gasteiger partial charge in [-0.3, -0.25) is 48.4 Å². The molecule has 3 amide bonds. The van der Waals surface area contributed by atoms with Crippen LogP contribution in [0.4, 0.5) is 14.9 Å². The molecule has 4 aromatic carbocycles. The van der Waals surface area contributed by atoms with Crippen molar-refractivity contribution in [1.29, 1.82) is 0 Å². The molecule has 0 radical (unpaired) electrons. The molecular weight excluding hydrogens is 1370 g/mol. The normalized spacial score (nSPS) is 16.0. The number of nitrogens with one attached hydrogen (secondary N) is 5. The molecule has 2 aliphatic heterocycles. The number of fused-ring (bicyclic) bond motifs is 3. The lowest BCUT2D eigenvalue weighted by molar-refractivity contribution is -0.127. The van der Waals surface area contributed by atoms with Gasteiger partial charge in [0.15, 0.2) is 22.3 Å². The minimum atomic E-state index is -0.916. The molecular formula is C78H97FN16O12. The van der Waals surface area contributed by atoms with Gasteiger partial charge in [0.05, 0.1) is 59.2 Å². The topological polar surface area (TPSA) is 361 Å². The molecule has 3 fully saturated rings.